The van der Waals surface area contributed by atoms with E-state index in [1.807, 2.05) is 49.4 Å². The van der Waals surface area contributed by atoms with Crippen LogP contribution in [0.1, 0.15) is 19.4 Å². The molecule has 5 nitrogen and oxygen atoms in total. The SMILES string of the molecule is CCOc1cccc2cc(/C(C)=N\Nc3ccccc3)c(=O)oc12. The molecule has 0 spiro atoms. The van der Waals surface area contributed by atoms with Crippen LogP contribution in [0.5, 0.6) is 5.75 Å². The van der Waals surface area contributed by atoms with Crippen molar-refractivity contribution in [3.05, 3.63) is 70.6 Å². The van der Waals surface area contributed by atoms with E-state index in [2.05, 4.69) is 10.5 Å². The van der Waals surface area contributed by atoms with Gasteiger partial charge in [0.15, 0.2) is 11.3 Å². The van der Waals surface area contributed by atoms with E-state index in [-0.39, 0.29) is 0 Å². The Balaban J connectivity index is 1.97. The molecule has 0 aliphatic heterocycles. The number of hydrazone groups is 1. The Morgan fingerprint density at radius 2 is 1.96 bits per heavy atom. The van der Waals surface area contributed by atoms with Crippen molar-refractivity contribution >= 4 is 22.4 Å². The van der Waals surface area contributed by atoms with Crippen LogP contribution in [0.3, 0.4) is 0 Å². The highest BCUT2D eigenvalue weighted by Gasteiger charge is 2.11. The zero-order valence-electron chi connectivity index (χ0n) is 13.6. The normalized spacial score (nSPS) is 11.5. The summed E-state index contributed by atoms with van der Waals surface area (Å²) < 4.78 is 11.0. The van der Waals surface area contributed by atoms with Gasteiger partial charge in [-0.3, -0.25) is 5.43 Å². The van der Waals surface area contributed by atoms with Gasteiger partial charge in [-0.25, -0.2) is 4.79 Å². The first-order valence-electron chi connectivity index (χ1n) is 7.74. The van der Waals surface area contributed by atoms with Gasteiger partial charge in [-0.2, -0.15) is 5.10 Å². The topological polar surface area (TPSA) is 63.8 Å². The minimum atomic E-state index is -0.439. The lowest BCUT2D eigenvalue weighted by atomic mass is 10.1. The summed E-state index contributed by atoms with van der Waals surface area (Å²) >= 11 is 0. The van der Waals surface area contributed by atoms with E-state index in [4.69, 9.17) is 9.15 Å². The summed E-state index contributed by atoms with van der Waals surface area (Å²) in [6.07, 6.45) is 0. The molecule has 0 saturated heterocycles. The van der Waals surface area contributed by atoms with Gasteiger partial charge in [0.25, 0.3) is 0 Å². The Hall–Kier alpha value is -3.08. The Kier molecular flexibility index (Phi) is 4.61. The number of ether oxygens (including phenoxy) is 1. The number of nitrogens with one attached hydrogen (secondary N) is 1. The summed E-state index contributed by atoms with van der Waals surface area (Å²) in [5.41, 5.74) is 4.77. The van der Waals surface area contributed by atoms with E-state index in [0.717, 1.165) is 11.1 Å². The molecule has 1 aromatic heterocycles. The number of benzene rings is 2. The minimum Gasteiger partial charge on any atom is -0.490 e. The molecule has 2 aromatic carbocycles. The highest BCUT2D eigenvalue weighted by Crippen LogP contribution is 2.25. The third-order valence-corrected chi connectivity index (χ3v) is 3.54. The maximum absolute atomic E-state index is 12.3. The number of hydrogen-bond acceptors (Lipinski definition) is 5. The molecule has 0 atom stereocenters. The predicted molar refractivity (Wildman–Crippen MR) is 95.9 cm³/mol. The van der Waals surface area contributed by atoms with Gasteiger partial charge in [0.2, 0.25) is 0 Å². The van der Waals surface area contributed by atoms with Crippen molar-refractivity contribution in [2.24, 2.45) is 5.10 Å². The van der Waals surface area contributed by atoms with E-state index in [0.29, 0.717) is 29.2 Å². The summed E-state index contributed by atoms with van der Waals surface area (Å²) in [7, 11) is 0. The highest BCUT2D eigenvalue weighted by molar-refractivity contribution is 6.01. The van der Waals surface area contributed by atoms with Crippen LogP contribution in [0.15, 0.2) is 68.9 Å². The van der Waals surface area contributed by atoms with E-state index >= 15 is 0 Å². The number of anilines is 1. The Morgan fingerprint density at radius 1 is 1.17 bits per heavy atom. The van der Waals surface area contributed by atoms with Crippen LogP contribution in [0.4, 0.5) is 5.69 Å². The van der Waals surface area contributed by atoms with Gasteiger partial charge >= 0.3 is 5.63 Å². The fourth-order valence-corrected chi connectivity index (χ4v) is 2.36. The van der Waals surface area contributed by atoms with Crippen molar-refractivity contribution in [3.63, 3.8) is 0 Å². The number of hydrogen-bond donors (Lipinski definition) is 1. The van der Waals surface area contributed by atoms with Crippen LogP contribution in [0.25, 0.3) is 11.0 Å². The van der Waals surface area contributed by atoms with Gasteiger partial charge in [0, 0.05) is 5.39 Å². The average molecular weight is 322 g/mol. The second kappa shape index (κ2) is 7.00. The fourth-order valence-electron chi connectivity index (χ4n) is 2.36. The van der Waals surface area contributed by atoms with Crippen LogP contribution in [0, 0.1) is 0 Å². The standard InChI is InChI=1S/C19H18N2O3/c1-3-23-17-11-7-8-14-12-16(19(22)24-18(14)17)13(2)20-21-15-9-5-4-6-10-15/h4-12,21H,3H2,1-2H3/b20-13-. The first-order chi connectivity index (χ1) is 11.7. The third kappa shape index (κ3) is 3.30. The van der Waals surface area contributed by atoms with Gasteiger partial charge < -0.3 is 9.15 Å². The van der Waals surface area contributed by atoms with E-state index in [1.54, 1.807) is 19.1 Å². The fraction of sp³-hybridized carbons (Fsp3) is 0.158. The van der Waals surface area contributed by atoms with Crippen LogP contribution < -0.4 is 15.8 Å². The third-order valence-electron chi connectivity index (χ3n) is 3.54. The molecule has 0 unspecified atom stereocenters. The molecule has 3 aromatic rings. The van der Waals surface area contributed by atoms with Crippen LogP contribution >= 0.6 is 0 Å². The lowest BCUT2D eigenvalue weighted by molar-refractivity contribution is 0.337. The Labute approximate surface area is 139 Å². The molecule has 0 aliphatic carbocycles. The van der Waals surface area contributed by atoms with E-state index in [9.17, 15) is 4.79 Å². The maximum atomic E-state index is 12.3. The van der Waals surface area contributed by atoms with Crippen molar-refractivity contribution in [1.82, 2.24) is 0 Å². The summed E-state index contributed by atoms with van der Waals surface area (Å²) in [4.78, 5) is 12.3. The number of fused-ring (bicyclic) bond motifs is 1. The maximum Gasteiger partial charge on any atom is 0.345 e. The highest BCUT2D eigenvalue weighted by atomic mass is 16.5. The minimum absolute atomic E-state index is 0.416. The van der Waals surface area contributed by atoms with Crippen LogP contribution in [0.2, 0.25) is 0 Å². The van der Waals surface area contributed by atoms with Gasteiger partial charge in [-0.15, -0.1) is 0 Å². The van der Waals surface area contributed by atoms with Gasteiger partial charge in [0.1, 0.15) is 0 Å². The second-order valence-corrected chi connectivity index (χ2v) is 5.23. The Morgan fingerprint density at radius 3 is 2.71 bits per heavy atom. The molecule has 0 aliphatic rings. The first kappa shape index (κ1) is 15.8. The number of rotatable bonds is 5. The van der Waals surface area contributed by atoms with E-state index in [1.165, 1.54) is 0 Å². The lowest BCUT2D eigenvalue weighted by Crippen LogP contribution is -2.13. The molecule has 0 amide bonds. The van der Waals surface area contributed by atoms with Gasteiger partial charge in [0.05, 0.1) is 23.6 Å². The summed E-state index contributed by atoms with van der Waals surface area (Å²) in [5.74, 6) is 0.565. The molecule has 122 valence electrons. The molecule has 0 saturated carbocycles. The molecule has 1 N–H and O–H groups in total. The lowest BCUT2D eigenvalue weighted by Gasteiger charge is -2.07. The zero-order chi connectivity index (χ0) is 16.9. The van der Waals surface area contributed by atoms with Crippen molar-refractivity contribution in [1.29, 1.82) is 0 Å². The van der Waals surface area contributed by atoms with E-state index < -0.39 is 5.63 Å². The molecule has 0 fully saturated rings. The van der Waals surface area contributed by atoms with Gasteiger partial charge in [-0.1, -0.05) is 30.3 Å². The first-order valence-corrected chi connectivity index (χ1v) is 7.74. The average Bonchev–Trinajstić information content (AvgIpc) is 2.61. The van der Waals surface area contributed by atoms with Crippen LogP contribution in [-0.2, 0) is 0 Å². The molecule has 1 heterocycles. The number of nitrogens with zero attached hydrogens (tertiary/aromatic N) is 1. The monoisotopic (exact) mass is 322 g/mol. The predicted octanol–water partition coefficient (Wildman–Crippen LogP) is 4.03. The largest absolute Gasteiger partial charge is 0.490 e. The molecule has 24 heavy (non-hydrogen) atoms. The Bertz CT molecular complexity index is 930. The summed E-state index contributed by atoms with van der Waals surface area (Å²) in [5, 5.41) is 5.06. The van der Waals surface area contributed by atoms with Gasteiger partial charge in [-0.05, 0) is 38.1 Å². The molecular weight excluding hydrogens is 304 g/mol. The molecule has 0 bridgehead atoms. The zero-order valence-corrected chi connectivity index (χ0v) is 13.6. The van der Waals surface area contributed by atoms with Crippen LogP contribution in [-0.4, -0.2) is 12.3 Å². The second-order valence-electron chi connectivity index (χ2n) is 5.23. The van der Waals surface area contributed by atoms with Crippen molar-refractivity contribution in [3.8, 4) is 5.75 Å². The summed E-state index contributed by atoms with van der Waals surface area (Å²) in [6, 6.07) is 16.8. The summed E-state index contributed by atoms with van der Waals surface area (Å²) in [6.45, 7) is 4.16. The van der Waals surface area contributed by atoms with Crippen molar-refractivity contribution < 1.29 is 9.15 Å². The van der Waals surface area contributed by atoms with Crippen molar-refractivity contribution in [2.75, 3.05) is 12.0 Å². The molecular formula is C19H18N2O3. The molecule has 5 heteroatoms. The number of para-hydroxylation sites is 2. The van der Waals surface area contributed by atoms with Crippen molar-refractivity contribution in [2.45, 2.75) is 13.8 Å². The molecule has 3 rings (SSSR count). The molecule has 0 radical (unpaired) electrons. The smallest absolute Gasteiger partial charge is 0.345 e. The quantitative estimate of drug-likeness (QED) is 0.438.